The summed E-state index contributed by atoms with van der Waals surface area (Å²) < 4.78 is 44.2. The van der Waals surface area contributed by atoms with Gasteiger partial charge in [0.2, 0.25) is 5.54 Å². The lowest BCUT2D eigenvalue weighted by Crippen LogP contribution is -2.66. The molecule has 1 aliphatic heterocycles. The smallest absolute Gasteiger partial charge is 0.326 e. The minimum atomic E-state index is -5.24. The maximum absolute atomic E-state index is 14.7. The molecule has 0 fully saturated rings. The number of nitrogens with zero attached hydrogens (tertiary/aromatic N) is 1. The number of allylic oxidation sites excluding steroid dienone is 1. The van der Waals surface area contributed by atoms with Crippen LogP contribution in [0.5, 0.6) is 0 Å². The van der Waals surface area contributed by atoms with Crippen molar-refractivity contribution in [3.8, 4) is 0 Å². The summed E-state index contributed by atoms with van der Waals surface area (Å²) in [5, 5.41) is 1.92. The van der Waals surface area contributed by atoms with E-state index in [1.54, 1.807) is 38.1 Å². The Labute approximate surface area is 182 Å². The van der Waals surface area contributed by atoms with Crippen molar-refractivity contribution in [1.29, 1.82) is 0 Å². The Kier molecular flexibility index (Phi) is 4.99. The van der Waals surface area contributed by atoms with Crippen LogP contribution in [0.3, 0.4) is 0 Å². The first kappa shape index (κ1) is 21.8. The summed E-state index contributed by atoms with van der Waals surface area (Å²) in [5.41, 5.74) is -4.66. The zero-order valence-corrected chi connectivity index (χ0v) is 17.5. The van der Waals surface area contributed by atoms with Crippen molar-refractivity contribution in [3.05, 3.63) is 77.5 Å². The summed E-state index contributed by atoms with van der Waals surface area (Å²) >= 11 is 0. The minimum absolute atomic E-state index is 0.0202. The molecule has 1 aliphatic carbocycles. The van der Waals surface area contributed by atoms with E-state index >= 15 is 0 Å². The largest absolute Gasteiger partial charge is 0.425 e. The summed E-state index contributed by atoms with van der Waals surface area (Å²) in [6.45, 7) is 3.52. The molecule has 32 heavy (non-hydrogen) atoms. The zero-order chi connectivity index (χ0) is 23.3. The van der Waals surface area contributed by atoms with E-state index in [1.165, 1.54) is 36.4 Å². The third-order valence-corrected chi connectivity index (χ3v) is 5.80. The van der Waals surface area contributed by atoms with Gasteiger partial charge in [0.25, 0.3) is 11.8 Å². The van der Waals surface area contributed by atoms with Crippen LogP contribution in [0.2, 0.25) is 0 Å². The Morgan fingerprint density at radius 3 is 2.06 bits per heavy atom. The first-order valence-corrected chi connectivity index (χ1v) is 10.1. The highest BCUT2D eigenvalue weighted by molar-refractivity contribution is 6.21. The molecule has 8 heteroatoms. The van der Waals surface area contributed by atoms with Gasteiger partial charge in [0.1, 0.15) is 0 Å². The molecule has 4 rings (SSSR count). The van der Waals surface area contributed by atoms with Gasteiger partial charge in [-0.2, -0.15) is 13.2 Å². The summed E-state index contributed by atoms with van der Waals surface area (Å²) in [6, 6.07) is 15.2. The van der Waals surface area contributed by atoms with Gasteiger partial charge < -0.3 is 5.32 Å². The lowest BCUT2D eigenvalue weighted by molar-refractivity contribution is -0.186. The van der Waals surface area contributed by atoms with Crippen molar-refractivity contribution in [2.24, 2.45) is 5.41 Å². The predicted octanol–water partition coefficient (Wildman–Crippen LogP) is 4.41. The molecule has 0 bridgehead atoms. The molecule has 2 amide bonds. The zero-order valence-electron chi connectivity index (χ0n) is 17.5. The average molecular weight is 442 g/mol. The van der Waals surface area contributed by atoms with E-state index in [0.717, 1.165) is 4.90 Å². The van der Waals surface area contributed by atoms with Gasteiger partial charge in [0, 0.05) is 23.4 Å². The molecule has 2 aliphatic rings. The van der Waals surface area contributed by atoms with Gasteiger partial charge in [-0.05, 0) is 36.1 Å². The molecule has 1 atom stereocenters. The molecular weight excluding hydrogens is 421 g/mol. The number of hydrogen-bond donors (Lipinski definition) is 1. The van der Waals surface area contributed by atoms with Gasteiger partial charge in [-0.1, -0.05) is 50.2 Å². The highest BCUT2D eigenvalue weighted by atomic mass is 19.4. The predicted molar refractivity (Wildman–Crippen MR) is 112 cm³/mol. The Balaban J connectivity index is 1.95. The Morgan fingerprint density at radius 1 is 0.938 bits per heavy atom. The van der Waals surface area contributed by atoms with Gasteiger partial charge in [-0.3, -0.25) is 19.3 Å². The fourth-order valence-electron chi connectivity index (χ4n) is 4.43. The van der Waals surface area contributed by atoms with Crippen molar-refractivity contribution in [1.82, 2.24) is 5.32 Å². The van der Waals surface area contributed by atoms with Crippen molar-refractivity contribution in [2.75, 3.05) is 4.90 Å². The second kappa shape index (κ2) is 7.32. The summed E-state index contributed by atoms with van der Waals surface area (Å²) in [7, 11) is 0. The number of anilines is 1. The molecule has 0 radical (unpaired) electrons. The van der Waals surface area contributed by atoms with Crippen LogP contribution >= 0.6 is 0 Å². The number of nitrogens with one attached hydrogen (secondary N) is 1. The van der Waals surface area contributed by atoms with Gasteiger partial charge >= 0.3 is 6.18 Å². The fourth-order valence-corrected chi connectivity index (χ4v) is 4.43. The van der Waals surface area contributed by atoms with E-state index in [0.29, 0.717) is 0 Å². The summed E-state index contributed by atoms with van der Waals surface area (Å²) in [6.07, 6.45) is -5.33. The third-order valence-electron chi connectivity index (χ3n) is 5.80. The number of carbonyl (C=O) groups excluding carboxylic acids is 3. The van der Waals surface area contributed by atoms with E-state index in [-0.39, 0.29) is 29.8 Å². The van der Waals surface area contributed by atoms with Crippen LogP contribution in [0.15, 0.2) is 71.9 Å². The lowest BCUT2D eigenvalue weighted by atomic mass is 9.72. The first-order chi connectivity index (χ1) is 15.0. The van der Waals surface area contributed by atoms with Crippen molar-refractivity contribution >= 4 is 23.3 Å². The van der Waals surface area contributed by atoms with E-state index in [1.807, 2.05) is 5.32 Å². The maximum Gasteiger partial charge on any atom is 0.425 e. The monoisotopic (exact) mass is 442 g/mol. The quantitative estimate of drug-likeness (QED) is 0.766. The molecule has 0 spiro atoms. The number of alkyl halides is 3. The van der Waals surface area contributed by atoms with E-state index in [2.05, 4.69) is 0 Å². The van der Waals surface area contributed by atoms with Crippen LogP contribution in [0, 0.1) is 5.41 Å². The molecule has 166 valence electrons. The van der Waals surface area contributed by atoms with Gasteiger partial charge in [-0.15, -0.1) is 0 Å². The maximum atomic E-state index is 14.7. The van der Waals surface area contributed by atoms with Crippen LogP contribution < -0.4 is 10.2 Å². The van der Waals surface area contributed by atoms with E-state index < -0.39 is 40.3 Å². The molecular formula is C24H21F3N2O3. The molecule has 0 unspecified atom stereocenters. The molecule has 2 aromatic carbocycles. The van der Waals surface area contributed by atoms with Crippen LogP contribution in [0.4, 0.5) is 18.9 Å². The number of ketones is 1. The van der Waals surface area contributed by atoms with Crippen LogP contribution in [0.1, 0.15) is 37.0 Å². The van der Waals surface area contributed by atoms with E-state index in [4.69, 9.17) is 0 Å². The van der Waals surface area contributed by atoms with Crippen molar-refractivity contribution < 1.29 is 27.6 Å². The second-order valence-corrected chi connectivity index (χ2v) is 8.81. The highest BCUT2D eigenvalue weighted by Crippen LogP contribution is 2.52. The van der Waals surface area contributed by atoms with Gasteiger partial charge in [0.05, 0.1) is 5.57 Å². The number of benzene rings is 2. The van der Waals surface area contributed by atoms with E-state index in [9.17, 15) is 27.6 Å². The number of para-hydroxylation sites is 1. The lowest BCUT2D eigenvalue weighted by Gasteiger charge is -2.35. The molecule has 1 N–H and O–H groups in total. The number of carbonyl (C=O) groups is 3. The third kappa shape index (κ3) is 3.30. The molecule has 0 saturated heterocycles. The standard InChI is InChI=1S/C24H21F3N2O3/c1-22(2)13-17-19(18(30)14-22)23(24(25,26)27,28-20(31)15-9-5-3-6-10-15)21(32)29(17)16-11-7-4-8-12-16/h3-12H,13-14H2,1-2H3,(H,28,31)/t23-/m1/s1. The van der Waals surface area contributed by atoms with Gasteiger partial charge in [-0.25, -0.2) is 0 Å². The molecule has 5 nitrogen and oxygen atoms in total. The number of rotatable bonds is 3. The summed E-state index contributed by atoms with van der Waals surface area (Å²) in [4.78, 5) is 40.4. The molecule has 1 heterocycles. The van der Waals surface area contributed by atoms with Crippen LogP contribution in [-0.2, 0) is 9.59 Å². The van der Waals surface area contributed by atoms with Crippen molar-refractivity contribution in [2.45, 2.75) is 38.4 Å². The van der Waals surface area contributed by atoms with Gasteiger partial charge in [0.15, 0.2) is 5.78 Å². The summed E-state index contributed by atoms with van der Waals surface area (Å²) in [5.74, 6) is -3.29. The SMILES string of the molecule is CC1(C)CC(=O)C2=C(C1)N(c1ccccc1)C(=O)[C@@]2(NC(=O)c1ccccc1)C(F)(F)F. The average Bonchev–Trinajstić information content (AvgIpc) is 2.97. The minimum Gasteiger partial charge on any atom is -0.326 e. The fraction of sp³-hybridized carbons (Fsp3) is 0.292. The Bertz CT molecular complexity index is 1120. The molecule has 2 aromatic rings. The number of hydrogen-bond acceptors (Lipinski definition) is 3. The topological polar surface area (TPSA) is 66.5 Å². The Morgan fingerprint density at radius 2 is 1.50 bits per heavy atom. The van der Waals surface area contributed by atoms with Crippen LogP contribution in [0.25, 0.3) is 0 Å². The molecule has 0 saturated carbocycles. The number of halogens is 3. The Hall–Kier alpha value is -3.42. The number of amides is 2. The first-order valence-electron chi connectivity index (χ1n) is 10.1. The second-order valence-electron chi connectivity index (χ2n) is 8.81. The number of Topliss-reactive ketones (excluding diaryl/α,β-unsaturated/α-hetero) is 1. The molecule has 0 aromatic heterocycles. The van der Waals surface area contributed by atoms with Crippen molar-refractivity contribution in [3.63, 3.8) is 0 Å². The normalized spacial score (nSPS) is 22.7. The highest BCUT2D eigenvalue weighted by Gasteiger charge is 2.71. The van der Waals surface area contributed by atoms with Crippen LogP contribution in [-0.4, -0.2) is 29.3 Å².